The van der Waals surface area contributed by atoms with Crippen LogP contribution in [0.4, 0.5) is 4.39 Å². The molecule has 1 rings (SSSR count). The lowest BCUT2D eigenvalue weighted by Gasteiger charge is -2.10. The summed E-state index contributed by atoms with van der Waals surface area (Å²) >= 11 is 3.16. The first-order valence-electron chi connectivity index (χ1n) is 3.83. The van der Waals surface area contributed by atoms with Gasteiger partial charge in [-0.1, -0.05) is 0 Å². The third-order valence-corrected chi connectivity index (χ3v) is 2.95. The molecule has 0 aliphatic heterocycles. The van der Waals surface area contributed by atoms with Crippen LogP contribution in [0.25, 0.3) is 0 Å². The second-order valence-electron chi connectivity index (χ2n) is 2.90. The van der Waals surface area contributed by atoms with Gasteiger partial charge in [-0.25, -0.2) is 10.3 Å². The van der Waals surface area contributed by atoms with E-state index in [1.165, 1.54) is 6.07 Å². The molecule has 2 N–H and O–H groups in total. The first-order chi connectivity index (χ1) is 6.07. The molecule has 0 atom stereocenters. The van der Waals surface area contributed by atoms with Crippen LogP contribution in [-0.2, 0) is 11.4 Å². The Morgan fingerprint density at radius 3 is 2.69 bits per heavy atom. The summed E-state index contributed by atoms with van der Waals surface area (Å²) in [4.78, 5) is 4.50. The van der Waals surface area contributed by atoms with E-state index < -0.39 is 0 Å². The highest BCUT2D eigenvalue weighted by molar-refractivity contribution is 9.10. The zero-order valence-electron chi connectivity index (χ0n) is 7.53. The Bertz CT molecular complexity index is 302. The van der Waals surface area contributed by atoms with Crippen molar-refractivity contribution in [1.82, 2.24) is 0 Å². The number of nitrogens with two attached hydrogens (primary N) is 1. The molecule has 0 saturated heterocycles. The maximum Gasteiger partial charge on any atom is 0.138 e. The van der Waals surface area contributed by atoms with Crippen molar-refractivity contribution in [2.45, 2.75) is 20.5 Å². The van der Waals surface area contributed by atoms with Gasteiger partial charge in [-0.2, -0.15) is 0 Å². The van der Waals surface area contributed by atoms with E-state index in [1.54, 1.807) is 0 Å². The number of hydrogen-bond acceptors (Lipinski definition) is 2. The summed E-state index contributed by atoms with van der Waals surface area (Å²) < 4.78 is 13.6. The van der Waals surface area contributed by atoms with Gasteiger partial charge < -0.3 is 0 Å². The van der Waals surface area contributed by atoms with Crippen molar-refractivity contribution in [1.29, 1.82) is 0 Å². The van der Waals surface area contributed by atoms with Crippen molar-refractivity contribution < 1.29 is 9.23 Å². The molecule has 1 aromatic rings. The summed E-state index contributed by atoms with van der Waals surface area (Å²) in [6, 6.07) is 1.49. The minimum absolute atomic E-state index is 0.213. The third-order valence-electron chi connectivity index (χ3n) is 2.09. The monoisotopic (exact) mass is 247 g/mol. The molecule has 0 aromatic heterocycles. The van der Waals surface area contributed by atoms with Gasteiger partial charge >= 0.3 is 0 Å². The average molecular weight is 248 g/mol. The van der Waals surface area contributed by atoms with Crippen LogP contribution in [0.1, 0.15) is 16.7 Å². The topological polar surface area (TPSA) is 35.2 Å². The highest BCUT2D eigenvalue weighted by Gasteiger charge is 2.11. The SMILES string of the molecule is Cc1cc(F)c(Br)c(CON)c1C. The molecule has 0 aliphatic carbocycles. The standard InChI is InChI=1S/C9H11BrFNO/c1-5-3-8(11)9(10)7(4-13-12)6(5)2/h3H,4,12H2,1-2H3. The van der Waals surface area contributed by atoms with Gasteiger partial charge in [0.25, 0.3) is 0 Å². The van der Waals surface area contributed by atoms with Crippen molar-refractivity contribution in [2.75, 3.05) is 0 Å². The first-order valence-corrected chi connectivity index (χ1v) is 4.63. The summed E-state index contributed by atoms with van der Waals surface area (Å²) in [5, 5.41) is 0. The number of benzene rings is 1. The Labute approximate surface area is 85.0 Å². The van der Waals surface area contributed by atoms with Crippen LogP contribution in [-0.4, -0.2) is 0 Å². The normalized spacial score (nSPS) is 10.5. The molecule has 2 nitrogen and oxygen atoms in total. The molecular weight excluding hydrogens is 237 g/mol. The van der Waals surface area contributed by atoms with E-state index in [-0.39, 0.29) is 12.4 Å². The fraction of sp³-hybridized carbons (Fsp3) is 0.333. The van der Waals surface area contributed by atoms with E-state index >= 15 is 0 Å². The van der Waals surface area contributed by atoms with Gasteiger partial charge in [-0.15, -0.1) is 0 Å². The van der Waals surface area contributed by atoms with Crippen molar-refractivity contribution >= 4 is 15.9 Å². The van der Waals surface area contributed by atoms with E-state index in [4.69, 9.17) is 5.90 Å². The molecule has 4 heteroatoms. The number of aryl methyl sites for hydroxylation is 1. The molecule has 72 valence electrons. The second-order valence-corrected chi connectivity index (χ2v) is 3.70. The maximum absolute atomic E-state index is 13.2. The van der Waals surface area contributed by atoms with Crippen molar-refractivity contribution in [3.8, 4) is 0 Å². The Kier molecular flexibility index (Phi) is 3.41. The Balaban J connectivity index is 3.28. The molecule has 0 bridgehead atoms. The molecule has 13 heavy (non-hydrogen) atoms. The lowest BCUT2D eigenvalue weighted by molar-refractivity contribution is 0.123. The van der Waals surface area contributed by atoms with Gasteiger partial charge in [-0.3, -0.25) is 4.84 Å². The largest absolute Gasteiger partial charge is 0.300 e. The van der Waals surface area contributed by atoms with Crippen LogP contribution in [0, 0.1) is 19.7 Å². The fourth-order valence-corrected chi connectivity index (χ4v) is 1.69. The Morgan fingerprint density at radius 1 is 1.54 bits per heavy atom. The first kappa shape index (κ1) is 10.6. The summed E-state index contributed by atoms with van der Waals surface area (Å²) in [7, 11) is 0. The lowest BCUT2D eigenvalue weighted by Crippen LogP contribution is -2.04. The smallest absolute Gasteiger partial charge is 0.138 e. The van der Waals surface area contributed by atoms with Crippen LogP contribution in [0.15, 0.2) is 10.5 Å². The molecule has 0 fully saturated rings. The third kappa shape index (κ3) is 2.07. The molecule has 0 heterocycles. The number of hydrogen-bond donors (Lipinski definition) is 1. The van der Waals surface area contributed by atoms with Crippen LogP contribution in [0.5, 0.6) is 0 Å². The molecule has 0 radical (unpaired) electrons. The molecule has 0 amide bonds. The molecule has 0 aliphatic rings. The molecule has 0 spiro atoms. The Morgan fingerprint density at radius 2 is 2.15 bits per heavy atom. The Hall–Kier alpha value is -0.450. The summed E-state index contributed by atoms with van der Waals surface area (Å²) in [5.41, 5.74) is 2.66. The van der Waals surface area contributed by atoms with Crippen LogP contribution >= 0.6 is 15.9 Å². The minimum atomic E-state index is -0.282. The summed E-state index contributed by atoms with van der Waals surface area (Å²) in [5.74, 6) is 4.67. The predicted octanol–water partition coefficient (Wildman–Crippen LogP) is 2.60. The zero-order chi connectivity index (χ0) is 10.0. The van der Waals surface area contributed by atoms with E-state index in [9.17, 15) is 4.39 Å². The van der Waals surface area contributed by atoms with E-state index in [2.05, 4.69) is 20.8 Å². The van der Waals surface area contributed by atoms with Gasteiger partial charge in [0, 0.05) is 5.56 Å². The molecule has 0 saturated carbocycles. The highest BCUT2D eigenvalue weighted by atomic mass is 79.9. The zero-order valence-corrected chi connectivity index (χ0v) is 9.11. The second kappa shape index (κ2) is 4.17. The van der Waals surface area contributed by atoms with Crippen LogP contribution < -0.4 is 5.90 Å². The van der Waals surface area contributed by atoms with E-state index in [1.807, 2.05) is 13.8 Å². The average Bonchev–Trinajstić information content (AvgIpc) is 2.09. The number of halogens is 2. The van der Waals surface area contributed by atoms with E-state index in [0.29, 0.717) is 4.47 Å². The predicted molar refractivity (Wildman–Crippen MR) is 52.6 cm³/mol. The lowest BCUT2D eigenvalue weighted by atomic mass is 10.0. The maximum atomic E-state index is 13.2. The van der Waals surface area contributed by atoms with Crippen LogP contribution in [0.3, 0.4) is 0 Å². The highest BCUT2D eigenvalue weighted by Crippen LogP contribution is 2.26. The van der Waals surface area contributed by atoms with Gasteiger partial charge in [0.1, 0.15) is 5.82 Å². The van der Waals surface area contributed by atoms with Gasteiger partial charge in [0.15, 0.2) is 0 Å². The molecule has 0 unspecified atom stereocenters. The quantitative estimate of drug-likeness (QED) is 0.816. The number of rotatable bonds is 2. The van der Waals surface area contributed by atoms with Gasteiger partial charge in [0.2, 0.25) is 0 Å². The van der Waals surface area contributed by atoms with Crippen molar-refractivity contribution in [3.05, 3.63) is 33.0 Å². The summed E-state index contributed by atoms with van der Waals surface area (Å²) in [6.45, 7) is 3.98. The van der Waals surface area contributed by atoms with Gasteiger partial charge in [-0.05, 0) is 47.0 Å². The summed E-state index contributed by atoms with van der Waals surface area (Å²) in [6.07, 6.45) is 0. The van der Waals surface area contributed by atoms with Crippen LogP contribution in [0.2, 0.25) is 0 Å². The molecule has 1 aromatic carbocycles. The van der Waals surface area contributed by atoms with Crippen molar-refractivity contribution in [2.24, 2.45) is 5.90 Å². The van der Waals surface area contributed by atoms with Crippen molar-refractivity contribution in [3.63, 3.8) is 0 Å². The van der Waals surface area contributed by atoms with E-state index in [0.717, 1.165) is 16.7 Å². The molecular formula is C9H11BrFNO. The van der Waals surface area contributed by atoms with Gasteiger partial charge in [0.05, 0.1) is 11.1 Å². The fourth-order valence-electron chi connectivity index (χ4n) is 1.16. The minimum Gasteiger partial charge on any atom is -0.300 e.